The van der Waals surface area contributed by atoms with Crippen molar-refractivity contribution in [1.82, 2.24) is 10.2 Å². The van der Waals surface area contributed by atoms with Crippen LogP contribution in [0.25, 0.3) is 0 Å². The summed E-state index contributed by atoms with van der Waals surface area (Å²) in [6, 6.07) is 9.53. The molecule has 0 saturated heterocycles. The largest absolute Gasteiger partial charge is 0.490 e. The molecule has 25 heavy (non-hydrogen) atoms. The summed E-state index contributed by atoms with van der Waals surface area (Å²) in [5, 5.41) is 3.32. The number of likely N-dealkylation sites (N-methyl/N-ethyl adjacent to an activating group) is 1. The smallest absolute Gasteiger partial charge is 0.262 e. The average Bonchev–Trinajstić information content (AvgIpc) is 3.09. The van der Waals surface area contributed by atoms with Crippen LogP contribution in [-0.4, -0.2) is 37.6 Å². The molecule has 1 amide bonds. The zero-order valence-corrected chi connectivity index (χ0v) is 15.2. The van der Waals surface area contributed by atoms with Gasteiger partial charge in [-0.2, -0.15) is 0 Å². The number of benzene rings is 1. The van der Waals surface area contributed by atoms with E-state index >= 15 is 0 Å². The van der Waals surface area contributed by atoms with Crippen molar-refractivity contribution in [1.29, 1.82) is 0 Å². The predicted octanol–water partition coefficient (Wildman–Crippen LogP) is 2.82. The fourth-order valence-electron chi connectivity index (χ4n) is 2.38. The highest BCUT2D eigenvalue weighted by Crippen LogP contribution is 2.29. The van der Waals surface area contributed by atoms with Crippen molar-refractivity contribution in [2.75, 3.05) is 20.7 Å². The maximum atomic E-state index is 12.0. The lowest BCUT2D eigenvalue weighted by Gasteiger charge is -2.20. The van der Waals surface area contributed by atoms with Crippen LogP contribution in [0.15, 0.2) is 41.0 Å². The normalized spacial score (nSPS) is 11.8. The van der Waals surface area contributed by atoms with E-state index in [0.717, 1.165) is 11.3 Å². The summed E-state index contributed by atoms with van der Waals surface area (Å²) in [6.45, 7) is 5.50. The van der Waals surface area contributed by atoms with E-state index in [1.807, 2.05) is 37.3 Å². The summed E-state index contributed by atoms with van der Waals surface area (Å²) in [5.74, 6) is 2.00. The monoisotopic (exact) mass is 346 g/mol. The van der Waals surface area contributed by atoms with Gasteiger partial charge in [0.05, 0.1) is 19.4 Å². The van der Waals surface area contributed by atoms with Crippen LogP contribution in [0.4, 0.5) is 0 Å². The van der Waals surface area contributed by atoms with Crippen molar-refractivity contribution >= 4 is 5.91 Å². The number of rotatable bonds is 9. The van der Waals surface area contributed by atoms with Crippen molar-refractivity contribution in [3.8, 4) is 11.5 Å². The summed E-state index contributed by atoms with van der Waals surface area (Å²) in [6.07, 6.45) is 1.09. The first-order valence-corrected chi connectivity index (χ1v) is 8.38. The number of nitrogens with zero attached hydrogens (tertiary/aromatic N) is 1. The third-order valence-corrected chi connectivity index (χ3v) is 3.61. The van der Waals surface area contributed by atoms with E-state index in [9.17, 15) is 4.79 Å². The predicted molar refractivity (Wildman–Crippen MR) is 95.6 cm³/mol. The van der Waals surface area contributed by atoms with Crippen molar-refractivity contribution < 1.29 is 18.7 Å². The van der Waals surface area contributed by atoms with Crippen LogP contribution in [0.1, 0.15) is 25.2 Å². The highest BCUT2D eigenvalue weighted by molar-refractivity contribution is 5.80. The third kappa shape index (κ3) is 5.53. The van der Waals surface area contributed by atoms with Gasteiger partial charge in [0, 0.05) is 20.6 Å². The molecule has 6 nitrogen and oxygen atoms in total. The molecular weight excluding hydrogens is 320 g/mol. The Kier molecular flexibility index (Phi) is 6.89. The highest BCUT2D eigenvalue weighted by atomic mass is 16.5. The minimum absolute atomic E-state index is 0.0911. The quantitative estimate of drug-likeness (QED) is 0.756. The van der Waals surface area contributed by atoms with Gasteiger partial charge in [0.25, 0.3) is 5.91 Å². The molecule has 0 spiro atoms. The standard InChI is InChI=1S/C19H26N2O4/c1-5-23-18-11-15(12-20-13-16-7-6-10-24-16)8-9-17(18)25-14(2)19(22)21(3)4/h6-11,14,20H,5,12-13H2,1-4H3/t14-/m0/s1. The molecule has 1 aromatic carbocycles. The Balaban J connectivity index is 2.01. The second kappa shape index (κ2) is 9.13. The Morgan fingerprint density at radius 2 is 2.04 bits per heavy atom. The molecular formula is C19H26N2O4. The van der Waals surface area contributed by atoms with E-state index in [-0.39, 0.29) is 5.91 Å². The minimum Gasteiger partial charge on any atom is -0.490 e. The fraction of sp³-hybridized carbons (Fsp3) is 0.421. The molecule has 1 heterocycles. The van der Waals surface area contributed by atoms with Gasteiger partial charge in [-0.1, -0.05) is 6.07 Å². The minimum atomic E-state index is -0.572. The van der Waals surface area contributed by atoms with Crippen molar-refractivity contribution in [3.63, 3.8) is 0 Å². The number of furan rings is 1. The molecule has 0 unspecified atom stereocenters. The Bertz CT molecular complexity index is 668. The van der Waals surface area contributed by atoms with E-state index in [2.05, 4.69) is 5.32 Å². The second-order valence-electron chi connectivity index (χ2n) is 5.89. The first-order chi connectivity index (χ1) is 12.0. The van der Waals surface area contributed by atoms with Gasteiger partial charge in [-0.3, -0.25) is 4.79 Å². The zero-order chi connectivity index (χ0) is 18.2. The summed E-state index contributed by atoms with van der Waals surface area (Å²) < 4.78 is 16.8. The van der Waals surface area contributed by atoms with Crippen LogP contribution in [0, 0.1) is 0 Å². The molecule has 2 rings (SSSR count). The maximum Gasteiger partial charge on any atom is 0.262 e. The molecule has 2 aromatic rings. The number of ether oxygens (including phenoxy) is 2. The first kappa shape index (κ1) is 18.9. The van der Waals surface area contributed by atoms with E-state index in [0.29, 0.717) is 31.2 Å². The lowest BCUT2D eigenvalue weighted by atomic mass is 10.2. The number of hydrogen-bond donors (Lipinski definition) is 1. The molecule has 0 aliphatic rings. The molecule has 0 radical (unpaired) electrons. The molecule has 0 bridgehead atoms. The number of hydrogen-bond acceptors (Lipinski definition) is 5. The highest BCUT2D eigenvalue weighted by Gasteiger charge is 2.18. The van der Waals surface area contributed by atoms with Crippen LogP contribution >= 0.6 is 0 Å². The van der Waals surface area contributed by atoms with Crippen LogP contribution in [0.5, 0.6) is 11.5 Å². The molecule has 0 aliphatic carbocycles. The summed E-state index contributed by atoms with van der Waals surface area (Å²) in [4.78, 5) is 13.5. The van der Waals surface area contributed by atoms with Gasteiger partial charge >= 0.3 is 0 Å². The third-order valence-electron chi connectivity index (χ3n) is 3.61. The molecule has 0 aliphatic heterocycles. The average molecular weight is 346 g/mol. The fourth-order valence-corrected chi connectivity index (χ4v) is 2.38. The summed E-state index contributed by atoms with van der Waals surface area (Å²) in [5.41, 5.74) is 1.06. The molecule has 1 atom stereocenters. The Morgan fingerprint density at radius 1 is 1.24 bits per heavy atom. The van der Waals surface area contributed by atoms with Crippen LogP contribution in [0.3, 0.4) is 0 Å². The molecule has 136 valence electrons. The number of carbonyl (C=O) groups is 1. The van der Waals surface area contributed by atoms with Crippen LogP contribution in [-0.2, 0) is 17.9 Å². The summed E-state index contributed by atoms with van der Waals surface area (Å²) in [7, 11) is 3.42. The lowest BCUT2D eigenvalue weighted by molar-refractivity contribution is -0.135. The van der Waals surface area contributed by atoms with E-state index in [1.165, 1.54) is 4.90 Å². The Labute approximate surface area is 148 Å². The van der Waals surface area contributed by atoms with Crippen LogP contribution in [0.2, 0.25) is 0 Å². The van der Waals surface area contributed by atoms with Crippen molar-refractivity contribution in [2.45, 2.75) is 33.0 Å². The van der Waals surface area contributed by atoms with Gasteiger partial charge < -0.3 is 24.1 Å². The number of carbonyl (C=O) groups excluding carboxylic acids is 1. The molecule has 0 saturated carbocycles. The molecule has 6 heteroatoms. The van der Waals surface area contributed by atoms with Gasteiger partial charge in [-0.25, -0.2) is 0 Å². The van der Waals surface area contributed by atoms with E-state index in [1.54, 1.807) is 27.3 Å². The number of amides is 1. The molecule has 1 N–H and O–H groups in total. The number of nitrogens with one attached hydrogen (secondary N) is 1. The van der Waals surface area contributed by atoms with Gasteiger partial charge in [0.2, 0.25) is 0 Å². The second-order valence-corrected chi connectivity index (χ2v) is 5.89. The van der Waals surface area contributed by atoms with Gasteiger partial charge in [0.15, 0.2) is 17.6 Å². The van der Waals surface area contributed by atoms with Crippen LogP contribution < -0.4 is 14.8 Å². The molecule has 0 fully saturated rings. The maximum absolute atomic E-state index is 12.0. The van der Waals surface area contributed by atoms with Gasteiger partial charge in [0.1, 0.15) is 5.76 Å². The van der Waals surface area contributed by atoms with Gasteiger partial charge in [-0.15, -0.1) is 0 Å². The molecule has 1 aromatic heterocycles. The topological polar surface area (TPSA) is 63.9 Å². The van der Waals surface area contributed by atoms with E-state index < -0.39 is 6.10 Å². The zero-order valence-electron chi connectivity index (χ0n) is 15.2. The first-order valence-electron chi connectivity index (χ1n) is 8.38. The Hall–Kier alpha value is -2.47. The van der Waals surface area contributed by atoms with Crippen molar-refractivity contribution in [2.24, 2.45) is 0 Å². The van der Waals surface area contributed by atoms with Gasteiger partial charge in [-0.05, 0) is 43.7 Å². The van der Waals surface area contributed by atoms with E-state index in [4.69, 9.17) is 13.9 Å². The Morgan fingerprint density at radius 3 is 2.68 bits per heavy atom. The SMILES string of the molecule is CCOc1cc(CNCc2ccco2)ccc1O[C@@H](C)C(=O)N(C)C. The lowest BCUT2D eigenvalue weighted by Crippen LogP contribution is -2.35. The summed E-state index contributed by atoms with van der Waals surface area (Å²) >= 11 is 0. The van der Waals surface area contributed by atoms with Crippen molar-refractivity contribution in [3.05, 3.63) is 47.9 Å².